The van der Waals surface area contributed by atoms with Gasteiger partial charge in [-0.3, -0.25) is 0 Å². The van der Waals surface area contributed by atoms with Gasteiger partial charge in [-0.25, -0.2) is 0 Å². The van der Waals surface area contributed by atoms with E-state index in [1.165, 1.54) is 0 Å². The number of carbonyl (C=O) groups excluding carboxylic acids is 1. The molecule has 0 aromatic carbocycles. The van der Waals surface area contributed by atoms with Crippen LogP contribution in [0.2, 0.25) is 0 Å². The van der Waals surface area contributed by atoms with Gasteiger partial charge in [0.05, 0.1) is 0 Å². The van der Waals surface area contributed by atoms with E-state index in [0.717, 1.165) is 6.92 Å². The van der Waals surface area contributed by atoms with Gasteiger partial charge in [0, 0.05) is 5.97 Å². The average Bonchev–Trinajstić information content (AvgIpc) is 1.97. The Bertz CT molecular complexity index is 215. The molecule has 1 atom stereocenters. The van der Waals surface area contributed by atoms with Crippen LogP contribution in [0.4, 0.5) is 13.2 Å². The second-order valence-corrected chi connectivity index (χ2v) is 3.17. The van der Waals surface area contributed by atoms with Crippen molar-refractivity contribution in [2.75, 3.05) is 6.54 Å². The molecule has 0 aromatic rings. The van der Waals surface area contributed by atoms with Crippen molar-refractivity contribution in [2.45, 2.75) is 26.1 Å². The highest BCUT2D eigenvalue weighted by molar-refractivity contribution is 7.80. The van der Waals surface area contributed by atoms with Gasteiger partial charge < -0.3 is 21.0 Å². The van der Waals surface area contributed by atoms with Crippen LogP contribution >= 0.6 is 12.2 Å². The van der Waals surface area contributed by atoms with Gasteiger partial charge in [-0.15, -0.1) is 0 Å². The minimum Gasteiger partial charge on any atom is -0.550 e. The lowest BCUT2D eigenvalue weighted by Crippen LogP contribution is -2.65. The SMILES string of the molecule is CC(=O)[O-].C[C@@H]([NH3+])C(=S)NCC(F)(F)F. The molecule has 4 nitrogen and oxygen atoms in total. The second-order valence-electron chi connectivity index (χ2n) is 2.73. The number of aliphatic carboxylic acids is 1. The highest BCUT2D eigenvalue weighted by Crippen LogP contribution is 2.12. The van der Waals surface area contributed by atoms with Gasteiger partial charge in [-0.1, -0.05) is 12.2 Å². The molecule has 0 bridgehead atoms. The summed E-state index contributed by atoms with van der Waals surface area (Å²) in [6, 6.07) is -0.285. The molecule has 0 saturated carbocycles. The molecule has 0 heterocycles. The standard InChI is InChI=1S/C5H9F3N2S.C2H4O2/c1-3(9)4(11)10-2-5(6,7)8;1-2(3)4/h3H,2,9H2,1H3,(H,10,11);1H3,(H,3,4)/t3-;/m1./s1. The molecule has 8 heteroatoms. The topological polar surface area (TPSA) is 79.8 Å². The first kappa shape index (κ1) is 16.5. The largest absolute Gasteiger partial charge is 0.550 e. The molecule has 0 rings (SSSR count). The van der Waals surface area contributed by atoms with Crippen LogP contribution in [0, 0.1) is 0 Å². The number of thiocarbonyl (C=S) groups is 1. The normalized spacial score (nSPS) is 12.1. The number of carboxylic acid groups (broad SMARTS) is 1. The number of carbonyl (C=O) groups is 1. The lowest BCUT2D eigenvalue weighted by molar-refractivity contribution is -0.389. The quantitative estimate of drug-likeness (QED) is 0.603. The maximum absolute atomic E-state index is 11.5. The molecule has 0 aliphatic rings. The zero-order chi connectivity index (χ0) is 12.6. The number of hydrogen-bond acceptors (Lipinski definition) is 3. The van der Waals surface area contributed by atoms with Gasteiger partial charge in [-0.05, 0) is 13.8 Å². The predicted octanol–water partition coefficient (Wildman–Crippen LogP) is -1.15. The lowest BCUT2D eigenvalue weighted by Gasteiger charge is -2.10. The molecular weight excluding hydrogens is 233 g/mol. The number of carboxylic acids is 1. The third kappa shape index (κ3) is 19.5. The molecule has 0 aliphatic heterocycles. The molecule has 0 radical (unpaired) electrons. The maximum Gasteiger partial charge on any atom is 0.405 e. The van der Waals surface area contributed by atoms with Crippen LogP contribution in [0.5, 0.6) is 0 Å². The van der Waals surface area contributed by atoms with Crippen molar-refractivity contribution >= 4 is 23.2 Å². The van der Waals surface area contributed by atoms with Crippen LogP contribution in [0.25, 0.3) is 0 Å². The first-order valence-electron chi connectivity index (χ1n) is 3.91. The molecule has 0 aliphatic carbocycles. The third-order valence-corrected chi connectivity index (χ3v) is 1.46. The minimum absolute atomic E-state index is 0.141. The number of halogens is 3. The van der Waals surface area contributed by atoms with Gasteiger partial charge in [0.2, 0.25) is 0 Å². The number of nitrogens with one attached hydrogen (secondary N) is 1. The second kappa shape index (κ2) is 7.41. The third-order valence-electron chi connectivity index (χ3n) is 0.911. The van der Waals surface area contributed by atoms with Crippen molar-refractivity contribution in [3.8, 4) is 0 Å². The van der Waals surface area contributed by atoms with E-state index in [0.29, 0.717) is 0 Å². The molecule has 0 aromatic heterocycles. The van der Waals surface area contributed by atoms with Crippen LogP contribution in [-0.4, -0.2) is 29.7 Å². The Balaban J connectivity index is 0. The maximum atomic E-state index is 11.5. The Morgan fingerprint density at radius 1 is 1.60 bits per heavy atom. The highest BCUT2D eigenvalue weighted by Gasteiger charge is 2.27. The van der Waals surface area contributed by atoms with Crippen LogP contribution in [0.1, 0.15) is 13.8 Å². The van der Waals surface area contributed by atoms with Crippen molar-refractivity contribution in [3.63, 3.8) is 0 Å². The molecule has 0 spiro atoms. The summed E-state index contributed by atoms with van der Waals surface area (Å²) < 4.78 is 34.6. The summed E-state index contributed by atoms with van der Waals surface area (Å²) in [4.78, 5) is 9.03. The number of alkyl halides is 3. The van der Waals surface area contributed by atoms with E-state index in [9.17, 15) is 13.2 Å². The van der Waals surface area contributed by atoms with Crippen molar-refractivity contribution in [1.82, 2.24) is 5.32 Å². The van der Waals surface area contributed by atoms with Gasteiger partial charge in [-0.2, -0.15) is 13.2 Å². The number of hydrogen-bond donors (Lipinski definition) is 2. The fourth-order valence-corrected chi connectivity index (χ4v) is 0.434. The van der Waals surface area contributed by atoms with Crippen LogP contribution in [0.15, 0.2) is 0 Å². The van der Waals surface area contributed by atoms with Crippen molar-refractivity contribution < 1.29 is 28.8 Å². The Morgan fingerprint density at radius 2 is 1.93 bits per heavy atom. The lowest BCUT2D eigenvalue weighted by atomic mass is 10.3. The monoisotopic (exact) mass is 246 g/mol. The first-order valence-corrected chi connectivity index (χ1v) is 4.32. The summed E-state index contributed by atoms with van der Waals surface area (Å²) in [6.45, 7) is 1.53. The van der Waals surface area contributed by atoms with E-state index < -0.39 is 18.7 Å². The van der Waals surface area contributed by atoms with Gasteiger partial charge in [0.15, 0.2) is 0 Å². The van der Waals surface area contributed by atoms with E-state index in [-0.39, 0.29) is 11.0 Å². The summed E-state index contributed by atoms with van der Waals surface area (Å²) in [5.41, 5.74) is 3.47. The summed E-state index contributed by atoms with van der Waals surface area (Å²) in [5.74, 6) is -1.08. The summed E-state index contributed by atoms with van der Waals surface area (Å²) in [6.07, 6.45) is -4.21. The summed E-state index contributed by atoms with van der Waals surface area (Å²) >= 11 is 4.57. The van der Waals surface area contributed by atoms with Crippen molar-refractivity contribution in [1.29, 1.82) is 0 Å². The van der Waals surface area contributed by atoms with Crippen LogP contribution < -0.4 is 16.2 Å². The van der Waals surface area contributed by atoms with E-state index in [2.05, 4.69) is 23.3 Å². The minimum atomic E-state index is -4.21. The molecule has 0 saturated heterocycles. The van der Waals surface area contributed by atoms with Gasteiger partial charge in [0.1, 0.15) is 17.6 Å². The van der Waals surface area contributed by atoms with E-state index in [1.807, 2.05) is 0 Å². The van der Waals surface area contributed by atoms with Crippen molar-refractivity contribution in [2.24, 2.45) is 0 Å². The number of rotatable bonds is 2. The Morgan fingerprint density at radius 3 is 2.13 bits per heavy atom. The first-order chi connectivity index (χ1) is 6.56. The van der Waals surface area contributed by atoms with E-state index >= 15 is 0 Å². The molecule has 15 heavy (non-hydrogen) atoms. The van der Waals surface area contributed by atoms with Crippen LogP contribution in [0.3, 0.4) is 0 Å². The molecule has 90 valence electrons. The molecule has 0 fully saturated rings. The van der Waals surface area contributed by atoms with Crippen LogP contribution in [-0.2, 0) is 4.79 Å². The zero-order valence-electron chi connectivity index (χ0n) is 8.35. The van der Waals surface area contributed by atoms with E-state index in [4.69, 9.17) is 9.90 Å². The van der Waals surface area contributed by atoms with Gasteiger partial charge >= 0.3 is 6.18 Å². The molecular formula is C7H13F3N2O2S. The molecule has 4 N–H and O–H groups in total. The van der Waals surface area contributed by atoms with Crippen molar-refractivity contribution in [3.05, 3.63) is 0 Å². The molecule has 0 unspecified atom stereocenters. The Labute approximate surface area is 90.6 Å². The van der Waals surface area contributed by atoms with E-state index in [1.54, 1.807) is 6.92 Å². The smallest absolute Gasteiger partial charge is 0.405 e. The fourth-order valence-electron chi connectivity index (χ4n) is 0.362. The Hall–Kier alpha value is -0.890. The summed E-state index contributed by atoms with van der Waals surface area (Å²) in [7, 11) is 0. The fraction of sp³-hybridized carbons (Fsp3) is 0.714. The van der Waals surface area contributed by atoms with Gasteiger partial charge in [0.25, 0.3) is 0 Å². The molecule has 0 amide bonds. The predicted molar refractivity (Wildman–Crippen MR) is 49.7 cm³/mol. The zero-order valence-corrected chi connectivity index (χ0v) is 9.17. The number of quaternary nitrogens is 1. The highest BCUT2D eigenvalue weighted by atomic mass is 32.1. The summed E-state index contributed by atoms with van der Waals surface area (Å²) in [5, 5.41) is 11.0. The Kier molecular flexibility index (Phi) is 8.17. The average molecular weight is 246 g/mol.